The summed E-state index contributed by atoms with van der Waals surface area (Å²) in [5.74, 6) is 1.39. The molecule has 96 valence electrons. The van der Waals surface area contributed by atoms with Crippen molar-refractivity contribution >= 4 is 0 Å². The quantitative estimate of drug-likeness (QED) is 0.850. The first-order chi connectivity index (χ1) is 8.85. The van der Waals surface area contributed by atoms with Crippen molar-refractivity contribution in [2.45, 2.75) is 33.2 Å². The van der Waals surface area contributed by atoms with Gasteiger partial charge in [0.25, 0.3) is 0 Å². The molecule has 0 spiro atoms. The molecule has 2 aromatic rings. The molecule has 0 saturated carbocycles. The van der Waals surface area contributed by atoms with Crippen molar-refractivity contribution in [3.05, 3.63) is 35.9 Å². The van der Waals surface area contributed by atoms with Crippen LogP contribution in [0.3, 0.4) is 0 Å². The Labute approximate surface area is 107 Å². The van der Waals surface area contributed by atoms with E-state index in [2.05, 4.69) is 29.1 Å². The summed E-state index contributed by atoms with van der Waals surface area (Å²) in [6, 6.07) is 3.74. The molecular weight excluding hydrogens is 226 g/mol. The summed E-state index contributed by atoms with van der Waals surface area (Å²) in [6.07, 6.45) is 5.59. The highest BCUT2D eigenvalue weighted by molar-refractivity contribution is 5.46. The number of hydrogen-bond donors (Lipinski definition) is 1. The van der Waals surface area contributed by atoms with Crippen LogP contribution in [0.5, 0.6) is 0 Å². The lowest BCUT2D eigenvalue weighted by molar-refractivity contribution is 0.576. The van der Waals surface area contributed by atoms with Crippen molar-refractivity contribution in [3.8, 4) is 11.6 Å². The van der Waals surface area contributed by atoms with Gasteiger partial charge < -0.3 is 9.73 Å². The minimum atomic E-state index is 0.670. The summed E-state index contributed by atoms with van der Waals surface area (Å²) in [7, 11) is 0. The Hall–Kier alpha value is -1.68. The fraction of sp³-hybridized carbons (Fsp3) is 0.429. The Morgan fingerprint density at radius 3 is 2.89 bits per heavy atom. The largest absolute Gasteiger partial charge is 0.461 e. The number of aromatic nitrogens is 2. The predicted octanol–water partition coefficient (Wildman–Crippen LogP) is 2.80. The van der Waals surface area contributed by atoms with Crippen LogP contribution in [-0.4, -0.2) is 16.5 Å². The molecule has 2 heterocycles. The van der Waals surface area contributed by atoms with Crippen LogP contribution in [-0.2, 0) is 13.0 Å². The lowest BCUT2D eigenvalue weighted by Gasteiger charge is -2.09. The summed E-state index contributed by atoms with van der Waals surface area (Å²) in [5, 5.41) is 3.31. The highest BCUT2D eigenvalue weighted by Gasteiger charge is 2.09. The Morgan fingerprint density at radius 1 is 1.33 bits per heavy atom. The molecule has 0 unspecified atom stereocenters. The van der Waals surface area contributed by atoms with E-state index in [9.17, 15) is 0 Å². The second kappa shape index (κ2) is 6.31. The monoisotopic (exact) mass is 245 g/mol. The standard InChI is InChI=1S/C14H19N3O/c1-3-6-12-11(9-15-4-2)10-16-14(17-12)13-7-5-8-18-13/h5,7-8,10,15H,3-4,6,9H2,1-2H3. The smallest absolute Gasteiger partial charge is 0.195 e. The number of nitrogens with zero attached hydrogens (tertiary/aromatic N) is 2. The molecule has 4 nitrogen and oxygen atoms in total. The molecule has 0 aliphatic heterocycles. The van der Waals surface area contributed by atoms with E-state index in [-0.39, 0.29) is 0 Å². The number of furan rings is 1. The van der Waals surface area contributed by atoms with Gasteiger partial charge in [0.05, 0.1) is 6.26 Å². The van der Waals surface area contributed by atoms with Gasteiger partial charge in [-0.25, -0.2) is 9.97 Å². The van der Waals surface area contributed by atoms with E-state index < -0.39 is 0 Å². The summed E-state index contributed by atoms with van der Waals surface area (Å²) < 4.78 is 5.33. The highest BCUT2D eigenvalue weighted by Crippen LogP contribution is 2.17. The molecule has 0 saturated heterocycles. The first-order valence-electron chi connectivity index (χ1n) is 6.44. The summed E-state index contributed by atoms with van der Waals surface area (Å²) >= 11 is 0. The average molecular weight is 245 g/mol. The number of aryl methyl sites for hydroxylation is 1. The maximum Gasteiger partial charge on any atom is 0.195 e. The molecule has 0 aromatic carbocycles. The van der Waals surface area contributed by atoms with Gasteiger partial charge in [-0.1, -0.05) is 20.3 Å². The summed E-state index contributed by atoms with van der Waals surface area (Å²) in [6.45, 7) is 6.03. The van der Waals surface area contributed by atoms with Crippen LogP contribution in [0.25, 0.3) is 11.6 Å². The second-order valence-corrected chi connectivity index (χ2v) is 4.17. The molecular formula is C14H19N3O. The van der Waals surface area contributed by atoms with Crippen LogP contribution in [0.15, 0.2) is 29.0 Å². The lowest BCUT2D eigenvalue weighted by atomic mass is 10.1. The molecule has 0 atom stereocenters. The fourth-order valence-electron chi connectivity index (χ4n) is 1.83. The second-order valence-electron chi connectivity index (χ2n) is 4.17. The predicted molar refractivity (Wildman–Crippen MR) is 71.1 cm³/mol. The third-order valence-corrected chi connectivity index (χ3v) is 2.75. The number of rotatable bonds is 6. The zero-order valence-electron chi connectivity index (χ0n) is 10.9. The van der Waals surface area contributed by atoms with Crippen LogP contribution >= 0.6 is 0 Å². The van der Waals surface area contributed by atoms with Gasteiger partial charge in [-0.15, -0.1) is 0 Å². The zero-order valence-corrected chi connectivity index (χ0v) is 10.9. The van der Waals surface area contributed by atoms with Crippen LogP contribution in [0.4, 0.5) is 0 Å². The first-order valence-corrected chi connectivity index (χ1v) is 6.44. The molecule has 0 radical (unpaired) electrons. The van der Waals surface area contributed by atoms with E-state index in [4.69, 9.17) is 4.42 Å². The lowest BCUT2D eigenvalue weighted by Crippen LogP contribution is -2.14. The molecule has 0 fully saturated rings. The minimum Gasteiger partial charge on any atom is -0.461 e. The molecule has 18 heavy (non-hydrogen) atoms. The molecule has 0 aliphatic carbocycles. The van der Waals surface area contributed by atoms with Crippen molar-refractivity contribution in [3.63, 3.8) is 0 Å². The molecule has 4 heteroatoms. The average Bonchev–Trinajstić information content (AvgIpc) is 2.91. The van der Waals surface area contributed by atoms with Gasteiger partial charge in [-0.05, 0) is 25.1 Å². The van der Waals surface area contributed by atoms with Crippen molar-refractivity contribution in [1.29, 1.82) is 0 Å². The Kier molecular flexibility index (Phi) is 4.47. The van der Waals surface area contributed by atoms with Crippen LogP contribution < -0.4 is 5.32 Å². The third kappa shape index (κ3) is 2.96. The molecule has 1 N–H and O–H groups in total. The van der Waals surface area contributed by atoms with E-state index in [0.29, 0.717) is 5.82 Å². The number of hydrogen-bond acceptors (Lipinski definition) is 4. The Balaban J connectivity index is 2.27. The fourth-order valence-corrected chi connectivity index (χ4v) is 1.83. The van der Waals surface area contributed by atoms with E-state index in [0.717, 1.165) is 37.4 Å². The van der Waals surface area contributed by atoms with Gasteiger partial charge >= 0.3 is 0 Å². The van der Waals surface area contributed by atoms with Gasteiger partial charge in [0.15, 0.2) is 11.6 Å². The molecule has 0 bridgehead atoms. The van der Waals surface area contributed by atoms with E-state index >= 15 is 0 Å². The van der Waals surface area contributed by atoms with E-state index in [1.165, 1.54) is 5.56 Å². The third-order valence-electron chi connectivity index (χ3n) is 2.75. The van der Waals surface area contributed by atoms with Gasteiger partial charge in [-0.2, -0.15) is 0 Å². The Bertz CT molecular complexity index is 480. The summed E-state index contributed by atoms with van der Waals surface area (Å²) in [4.78, 5) is 8.99. The molecule has 0 amide bonds. The van der Waals surface area contributed by atoms with Gasteiger partial charge in [-0.3, -0.25) is 0 Å². The van der Waals surface area contributed by atoms with Gasteiger partial charge in [0.1, 0.15) is 0 Å². The summed E-state index contributed by atoms with van der Waals surface area (Å²) in [5.41, 5.74) is 2.29. The topological polar surface area (TPSA) is 51.0 Å². The van der Waals surface area contributed by atoms with Gasteiger partial charge in [0, 0.05) is 24.0 Å². The zero-order chi connectivity index (χ0) is 12.8. The Morgan fingerprint density at radius 2 is 2.22 bits per heavy atom. The van der Waals surface area contributed by atoms with Crippen LogP contribution in [0, 0.1) is 0 Å². The van der Waals surface area contributed by atoms with Crippen molar-refractivity contribution in [2.75, 3.05) is 6.54 Å². The molecule has 2 rings (SSSR count). The van der Waals surface area contributed by atoms with Crippen molar-refractivity contribution in [2.24, 2.45) is 0 Å². The maximum atomic E-state index is 5.33. The van der Waals surface area contributed by atoms with Crippen molar-refractivity contribution < 1.29 is 4.42 Å². The van der Waals surface area contributed by atoms with Crippen LogP contribution in [0.1, 0.15) is 31.5 Å². The molecule has 0 aliphatic rings. The molecule has 2 aromatic heterocycles. The van der Waals surface area contributed by atoms with E-state index in [1.54, 1.807) is 6.26 Å². The first kappa shape index (κ1) is 12.8. The van der Waals surface area contributed by atoms with E-state index in [1.807, 2.05) is 18.3 Å². The highest BCUT2D eigenvalue weighted by atomic mass is 16.3. The van der Waals surface area contributed by atoms with Crippen molar-refractivity contribution in [1.82, 2.24) is 15.3 Å². The SMILES string of the molecule is CCCc1nc(-c2ccco2)ncc1CNCC. The van der Waals surface area contributed by atoms with Gasteiger partial charge in [0.2, 0.25) is 0 Å². The maximum absolute atomic E-state index is 5.33. The number of nitrogens with one attached hydrogen (secondary N) is 1. The van der Waals surface area contributed by atoms with Crippen LogP contribution in [0.2, 0.25) is 0 Å². The minimum absolute atomic E-state index is 0.670. The normalized spacial score (nSPS) is 10.8.